The highest BCUT2D eigenvalue weighted by Gasteiger charge is 2.25. The number of benzene rings is 1. The molecule has 0 fully saturated rings. The first-order chi connectivity index (χ1) is 8.06. The Morgan fingerprint density at radius 2 is 1.88 bits per heavy atom. The first kappa shape index (κ1) is 15.0. The van der Waals surface area contributed by atoms with Crippen molar-refractivity contribution in [2.45, 2.75) is 31.6 Å². The van der Waals surface area contributed by atoms with E-state index in [2.05, 4.69) is 29.8 Å². The summed E-state index contributed by atoms with van der Waals surface area (Å²) in [4.78, 5) is 0.400. The molecule has 0 aliphatic heterocycles. The number of alkyl halides is 1. The lowest BCUT2D eigenvalue weighted by molar-refractivity contribution is 0.359. The fourth-order valence-corrected chi connectivity index (χ4v) is 4.13. The second-order valence-corrected chi connectivity index (χ2v) is 5.78. The predicted molar refractivity (Wildman–Crippen MR) is 73.9 cm³/mol. The van der Waals surface area contributed by atoms with Gasteiger partial charge >= 0.3 is 0 Å². The Bertz CT molecular complexity index is 356. The van der Waals surface area contributed by atoms with Gasteiger partial charge in [0.25, 0.3) is 0 Å². The Morgan fingerprint density at radius 3 is 2.41 bits per heavy atom. The number of halogens is 3. The largest absolute Gasteiger partial charge is 0.207 e. The molecule has 0 N–H and O–H groups in total. The van der Waals surface area contributed by atoms with Crippen molar-refractivity contribution in [3.63, 3.8) is 0 Å². The van der Waals surface area contributed by atoms with E-state index in [1.807, 2.05) is 0 Å². The van der Waals surface area contributed by atoms with Crippen LogP contribution < -0.4 is 0 Å². The molecule has 0 aromatic heterocycles. The molecule has 17 heavy (non-hydrogen) atoms. The average molecular weight is 323 g/mol. The predicted octanol–water partition coefficient (Wildman–Crippen LogP) is 5.26. The van der Waals surface area contributed by atoms with Crippen LogP contribution in [0.1, 0.15) is 26.7 Å². The second kappa shape index (κ2) is 6.74. The number of thioether (sulfide) groups is 1. The summed E-state index contributed by atoms with van der Waals surface area (Å²) in [5.41, 5.74) is 0.156. The van der Waals surface area contributed by atoms with Crippen LogP contribution in [0.5, 0.6) is 0 Å². The zero-order chi connectivity index (χ0) is 12.9. The van der Waals surface area contributed by atoms with Crippen LogP contribution in [-0.2, 0) is 0 Å². The van der Waals surface area contributed by atoms with Crippen molar-refractivity contribution in [3.05, 3.63) is 29.8 Å². The van der Waals surface area contributed by atoms with Gasteiger partial charge in [-0.3, -0.25) is 0 Å². The first-order valence-electron chi connectivity index (χ1n) is 5.70. The van der Waals surface area contributed by atoms with Gasteiger partial charge in [-0.15, -0.1) is 11.8 Å². The second-order valence-electron chi connectivity index (χ2n) is 4.20. The molecule has 0 heterocycles. The van der Waals surface area contributed by atoms with E-state index < -0.39 is 0 Å². The minimum atomic E-state index is -0.383. The lowest BCUT2D eigenvalue weighted by Crippen LogP contribution is -2.23. The third-order valence-corrected chi connectivity index (χ3v) is 5.78. The van der Waals surface area contributed by atoms with E-state index in [0.29, 0.717) is 4.90 Å². The van der Waals surface area contributed by atoms with Crippen LogP contribution in [0.4, 0.5) is 8.78 Å². The molecule has 0 bridgehead atoms. The summed E-state index contributed by atoms with van der Waals surface area (Å²) in [6.45, 7) is 4.26. The van der Waals surface area contributed by atoms with Gasteiger partial charge in [-0.1, -0.05) is 29.8 Å². The van der Waals surface area contributed by atoms with E-state index in [9.17, 15) is 8.78 Å². The van der Waals surface area contributed by atoms with Crippen molar-refractivity contribution in [2.75, 3.05) is 11.1 Å². The molecule has 0 unspecified atom stereocenters. The van der Waals surface area contributed by atoms with Crippen LogP contribution in [0.2, 0.25) is 0 Å². The third kappa shape index (κ3) is 3.95. The van der Waals surface area contributed by atoms with E-state index >= 15 is 0 Å². The van der Waals surface area contributed by atoms with E-state index in [-0.39, 0.29) is 17.0 Å². The summed E-state index contributed by atoms with van der Waals surface area (Å²) in [7, 11) is 0. The van der Waals surface area contributed by atoms with Crippen LogP contribution >= 0.6 is 27.7 Å². The number of hydrogen-bond acceptors (Lipinski definition) is 1. The summed E-state index contributed by atoms with van der Waals surface area (Å²) in [6, 6.07) is 3.60. The molecule has 1 aromatic carbocycles. The normalized spacial score (nSPS) is 11.8. The van der Waals surface area contributed by atoms with Gasteiger partial charge in [0.2, 0.25) is 0 Å². The monoisotopic (exact) mass is 322 g/mol. The van der Waals surface area contributed by atoms with Crippen molar-refractivity contribution >= 4 is 27.7 Å². The molecule has 1 aromatic rings. The van der Waals surface area contributed by atoms with Gasteiger partial charge in [0.15, 0.2) is 0 Å². The molecule has 0 radical (unpaired) electrons. The molecule has 96 valence electrons. The van der Waals surface area contributed by atoms with Gasteiger partial charge in [0.1, 0.15) is 11.6 Å². The van der Waals surface area contributed by atoms with Gasteiger partial charge in [-0.2, -0.15) is 0 Å². The maximum atomic E-state index is 13.5. The average Bonchev–Trinajstić information content (AvgIpc) is 2.35. The van der Waals surface area contributed by atoms with E-state index in [4.69, 9.17) is 0 Å². The molecular weight excluding hydrogens is 306 g/mol. The minimum absolute atomic E-state index is 0.156. The molecular formula is C13H17BrF2S. The highest BCUT2D eigenvalue weighted by Crippen LogP contribution is 2.36. The van der Waals surface area contributed by atoms with Crippen LogP contribution in [0.25, 0.3) is 0 Å². The topological polar surface area (TPSA) is 0 Å². The van der Waals surface area contributed by atoms with Crippen LogP contribution in [0, 0.1) is 17.0 Å². The fourth-order valence-electron chi connectivity index (χ4n) is 1.50. The Kier molecular flexibility index (Phi) is 5.93. The Hall–Kier alpha value is -0.0900. The summed E-state index contributed by atoms with van der Waals surface area (Å²) >= 11 is 4.92. The van der Waals surface area contributed by atoms with Gasteiger partial charge in [0.05, 0.1) is 0 Å². The molecule has 0 saturated carbocycles. The van der Waals surface area contributed by atoms with Gasteiger partial charge < -0.3 is 0 Å². The van der Waals surface area contributed by atoms with Crippen molar-refractivity contribution in [3.8, 4) is 0 Å². The number of hydrogen-bond donors (Lipinski definition) is 0. The maximum Gasteiger partial charge on any atom is 0.136 e. The maximum absolute atomic E-state index is 13.5. The van der Waals surface area contributed by atoms with Crippen molar-refractivity contribution in [1.82, 2.24) is 0 Å². The number of rotatable bonds is 6. The Morgan fingerprint density at radius 1 is 1.24 bits per heavy atom. The van der Waals surface area contributed by atoms with Crippen molar-refractivity contribution in [2.24, 2.45) is 5.41 Å². The molecule has 1 rings (SSSR count). The first-order valence-corrected chi connectivity index (χ1v) is 7.81. The zero-order valence-corrected chi connectivity index (χ0v) is 12.5. The van der Waals surface area contributed by atoms with Crippen LogP contribution in [0.15, 0.2) is 23.1 Å². The van der Waals surface area contributed by atoms with Gasteiger partial charge in [0, 0.05) is 16.0 Å². The van der Waals surface area contributed by atoms with E-state index in [0.717, 1.165) is 30.0 Å². The molecule has 0 aliphatic rings. The fraction of sp³-hybridized carbons (Fsp3) is 0.538. The van der Waals surface area contributed by atoms with Crippen molar-refractivity contribution < 1.29 is 8.78 Å². The SMILES string of the molecule is CCC(CC)(CBr)CSc1cc(F)ccc1F. The lowest BCUT2D eigenvalue weighted by Gasteiger charge is -2.29. The van der Waals surface area contributed by atoms with Crippen LogP contribution in [-0.4, -0.2) is 11.1 Å². The molecule has 0 atom stereocenters. The summed E-state index contributed by atoms with van der Waals surface area (Å²) < 4.78 is 26.5. The summed E-state index contributed by atoms with van der Waals surface area (Å²) in [5.74, 6) is 0.0736. The van der Waals surface area contributed by atoms with Crippen LogP contribution in [0.3, 0.4) is 0 Å². The molecule has 0 spiro atoms. The highest BCUT2D eigenvalue weighted by molar-refractivity contribution is 9.09. The third-order valence-electron chi connectivity index (χ3n) is 3.21. The Labute approximate surface area is 114 Å². The standard InChI is InChI=1S/C13H17BrF2S/c1-3-13(4-2,8-14)9-17-12-7-10(15)5-6-11(12)16/h5-7H,3-4,8-9H2,1-2H3. The highest BCUT2D eigenvalue weighted by atomic mass is 79.9. The van der Waals surface area contributed by atoms with E-state index in [1.165, 1.54) is 23.9 Å². The zero-order valence-electron chi connectivity index (χ0n) is 10.1. The van der Waals surface area contributed by atoms with Gasteiger partial charge in [-0.05, 0) is 36.5 Å². The molecule has 0 saturated heterocycles. The van der Waals surface area contributed by atoms with E-state index in [1.54, 1.807) is 0 Å². The summed E-state index contributed by atoms with van der Waals surface area (Å²) in [6.07, 6.45) is 2.05. The molecule has 0 amide bonds. The Balaban J connectivity index is 2.75. The van der Waals surface area contributed by atoms with Gasteiger partial charge in [-0.25, -0.2) is 8.78 Å². The quantitative estimate of drug-likeness (QED) is 0.508. The summed E-state index contributed by atoms with van der Waals surface area (Å²) in [5, 5.41) is 0.886. The minimum Gasteiger partial charge on any atom is -0.207 e. The smallest absolute Gasteiger partial charge is 0.136 e. The van der Waals surface area contributed by atoms with Crippen molar-refractivity contribution in [1.29, 1.82) is 0 Å². The molecule has 4 heteroatoms. The molecule has 0 aliphatic carbocycles. The lowest BCUT2D eigenvalue weighted by atomic mass is 9.87. The molecule has 0 nitrogen and oxygen atoms in total.